The van der Waals surface area contributed by atoms with Crippen LogP contribution >= 0.6 is 24.0 Å². The smallest absolute Gasteiger partial charge is 0.191 e. The fraction of sp³-hybridized carbons (Fsp3) is 0.632. The summed E-state index contributed by atoms with van der Waals surface area (Å²) in [7, 11) is 4.00. The lowest BCUT2D eigenvalue weighted by Crippen LogP contribution is -2.47. The van der Waals surface area contributed by atoms with Crippen molar-refractivity contribution in [1.29, 1.82) is 0 Å². The highest BCUT2D eigenvalue weighted by Gasteiger charge is 2.14. The number of rotatable bonds is 4. The molecule has 0 atom stereocenters. The van der Waals surface area contributed by atoms with Crippen molar-refractivity contribution in [3.63, 3.8) is 0 Å². The zero-order valence-electron chi connectivity index (χ0n) is 16.3. The number of nitrogens with one attached hydrogen (secondary N) is 2. The van der Waals surface area contributed by atoms with Crippen molar-refractivity contribution in [3.8, 4) is 0 Å². The van der Waals surface area contributed by atoms with E-state index in [1.165, 1.54) is 24.2 Å². The van der Waals surface area contributed by atoms with Crippen molar-refractivity contribution < 1.29 is 0 Å². The molecule has 25 heavy (non-hydrogen) atoms. The van der Waals surface area contributed by atoms with Crippen LogP contribution in [0.1, 0.15) is 31.9 Å². The summed E-state index contributed by atoms with van der Waals surface area (Å²) in [5.41, 5.74) is 2.67. The Kier molecular flexibility index (Phi) is 9.16. The van der Waals surface area contributed by atoms with Gasteiger partial charge in [-0.05, 0) is 38.9 Å². The minimum atomic E-state index is 0. The molecule has 0 saturated carbocycles. The van der Waals surface area contributed by atoms with Crippen LogP contribution in [0.2, 0.25) is 0 Å². The molecule has 0 aromatic heterocycles. The third-order valence-electron chi connectivity index (χ3n) is 4.20. The number of likely N-dealkylation sites (N-methyl/N-ethyl adjacent to an activating group) is 1. The Morgan fingerprint density at radius 2 is 1.60 bits per heavy atom. The van der Waals surface area contributed by atoms with Crippen LogP contribution in [0.25, 0.3) is 0 Å². The second kappa shape index (κ2) is 10.3. The molecule has 0 bridgehead atoms. The normalized spacial score (nSPS) is 17.1. The van der Waals surface area contributed by atoms with Gasteiger partial charge in [0, 0.05) is 51.9 Å². The van der Waals surface area contributed by atoms with Crippen molar-refractivity contribution in [2.75, 3.05) is 40.3 Å². The monoisotopic (exact) mass is 459 g/mol. The van der Waals surface area contributed by atoms with E-state index in [9.17, 15) is 0 Å². The Bertz CT molecular complexity index is 528. The molecule has 2 N–H and O–H groups in total. The first-order valence-corrected chi connectivity index (χ1v) is 8.83. The van der Waals surface area contributed by atoms with E-state index < -0.39 is 0 Å². The molecule has 0 radical (unpaired) electrons. The fourth-order valence-corrected chi connectivity index (χ4v) is 2.75. The van der Waals surface area contributed by atoms with Gasteiger partial charge in [-0.25, -0.2) is 0 Å². The number of hydrogen-bond donors (Lipinski definition) is 2. The number of aliphatic imine (C=N–C) groups is 1. The molecular formula is C19H34IN5. The second-order valence-electron chi connectivity index (χ2n) is 7.70. The average Bonchev–Trinajstić information content (AvgIpc) is 2.54. The minimum Gasteiger partial charge on any atom is -0.352 e. The van der Waals surface area contributed by atoms with Gasteiger partial charge in [-0.2, -0.15) is 0 Å². The number of guanidine groups is 1. The lowest BCUT2D eigenvalue weighted by atomic mass is 10.1. The molecule has 0 unspecified atom stereocenters. The van der Waals surface area contributed by atoms with Gasteiger partial charge in [0.05, 0.1) is 0 Å². The third-order valence-corrected chi connectivity index (χ3v) is 4.20. The average molecular weight is 459 g/mol. The Morgan fingerprint density at radius 3 is 2.12 bits per heavy atom. The van der Waals surface area contributed by atoms with E-state index >= 15 is 0 Å². The molecule has 0 aliphatic carbocycles. The second-order valence-corrected chi connectivity index (χ2v) is 7.70. The molecule has 0 amide bonds. The molecule has 1 aliphatic heterocycles. The standard InChI is InChI=1S/C19H33N5.HI/c1-19(2,3)22-18(20-4)21-14-16-6-8-17(9-7-16)15-24-12-10-23(5)11-13-24;/h6-9H,10-15H2,1-5H3,(H2,20,21,22);1H. The number of hydrogen-bond acceptors (Lipinski definition) is 3. The van der Waals surface area contributed by atoms with E-state index in [-0.39, 0.29) is 29.5 Å². The summed E-state index contributed by atoms with van der Waals surface area (Å²) >= 11 is 0. The van der Waals surface area contributed by atoms with E-state index in [0.717, 1.165) is 32.1 Å². The molecule has 2 rings (SSSR count). The van der Waals surface area contributed by atoms with Crippen LogP contribution in [0.5, 0.6) is 0 Å². The van der Waals surface area contributed by atoms with E-state index in [0.29, 0.717) is 0 Å². The maximum absolute atomic E-state index is 4.27. The van der Waals surface area contributed by atoms with Gasteiger partial charge in [0.25, 0.3) is 0 Å². The van der Waals surface area contributed by atoms with E-state index in [1.54, 1.807) is 7.05 Å². The molecule has 1 fully saturated rings. The van der Waals surface area contributed by atoms with Gasteiger partial charge in [-0.15, -0.1) is 24.0 Å². The van der Waals surface area contributed by atoms with E-state index in [2.05, 4.69) is 77.5 Å². The summed E-state index contributed by atoms with van der Waals surface area (Å²) in [6.07, 6.45) is 0. The van der Waals surface area contributed by atoms with E-state index in [4.69, 9.17) is 0 Å². The molecule has 0 spiro atoms. The van der Waals surface area contributed by atoms with Crippen molar-refractivity contribution in [2.24, 2.45) is 4.99 Å². The first-order chi connectivity index (χ1) is 11.4. The molecule has 1 aliphatic rings. The highest BCUT2D eigenvalue weighted by atomic mass is 127. The van der Waals surface area contributed by atoms with Gasteiger partial charge in [0.1, 0.15) is 0 Å². The van der Waals surface area contributed by atoms with Crippen molar-refractivity contribution in [2.45, 2.75) is 39.4 Å². The Morgan fingerprint density at radius 1 is 1.04 bits per heavy atom. The molecule has 6 heteroatoms. The van der Waals surface area contributed by atoms with Gasteiger partial charge in [0.2, 0.25) is 0 Å². The highest BCUT2D eigenvalue weighted by molar-refractivity contribution is 14.0. The maximum atomic E-state index is 4.27. The molecule has 1 heterocycles. The van der Waals surface area contributed by atoms with Crippen LogP contribution in [0.15, 0.2) is 29.3 Å². The molecule has 142 valence electrons. The van der Waals surface area contributed by atoms with Crippen LogP contribution in [0, 0.1) is 0 Å². The predicted octanol–water partition coefficient (Wildman–Crippen LogP) is 2.52. The van der Waals surface area contributed by atoms with Gasteiger partial charge in [0.15, 0.2) is 5.96 Å². The SMILES string of the molecule is CN=C(NCc1ccc(CN2CCN(C)CC2)cc1)NC(C)(C)C.I. The van der Waals surface area contributed by atoms with Crippen LogP contribution in [-0.2, 0) is 13.1 Å². The van der Waals surface area contributed by atoms with E-state index in [1.807, 2.05) is 0 Å². The minimum absolute atomic E-state index is 0. The van der Waals surface area contributed by atoms with Crippen molar-refractivity contribution in [1.82, 2.24) is 20.4 Å². The zero-order valence-corrected chi connectivity index (χ0v) is 18.6. The summed E-state index contributed by atoms with van der Waals surface area (Å²) < 4.78 is 0. The summed E-state index contributed by atoms with van der Waals surface area (Å²) in [6, 6.07) is 8.91. The van der Waals surface area contributed by atoms with Crippen LogP contribution < -0.4 is 10.6 Å². The summed E-state index contributed by atoms with van der Waals surface area (Å²) in [6.45, 7) is 12.9. The molecule has 5 nitrogen and oxygen atoms in total. The number of halogens is 1. The summed E-state index contributed by atoms with van der Waals surface area (Å²) in [5, 5.41) is 6.74. The quantitative estimate of drug-likeness (QED) is 0.413. The zero-order chi connectivity index (χ0) is 17.6. The Balaban J connectivity index is 0.00000312. The Hall–Kier alpha value is -0.860. The Labute approximate surface area is 170 Å². The van der Waals surface area contributed by atoms with Gasteiger partial charge in [-0.1, -0.05) is 24.3 Å². The number of nitrogens with zero attached hydrogens (tertiary/aromatic N) is 3. The van der Waals surface area contributed by atoms with Gasteiger partial charge >= 0.3 is 0 Å². The molecule has 1 aromatic rings. The molecular weight excluding hydrogens is 425 g/mol. The number of piperazine rings is 1. The van der Waals surface area contributed by atoms with Gasteiger partial charge in [-0.3, -0.25) is 9.89 Å². The topological polar surface area (TPSA) is 42.9 Å². The van der Waals surface area contributed by atoms with Crippen molar-refractivity contribution >= 4 is 29.9 Å². The summed E-state index contributed by atoms with van der Waals surface area (Å²) in [4.78, 5) is 9.20. The third kappa shape index (κ3) is 8.37. The fourth-order valence-electron chi connectivity index (χ4n) is 2.75. The summed E-state index contributed by atoms with van der Waals surface area (Å²) in [5.74, 6) is 0.837. The lowest BCUT2D eigenvalue weighted by molar-refractivity contribution is 0.148. The van der Waals surface area contributed by atoms with Crippen molar-refractivity contribution in [3.05, 3.63) is 35.4 Å². The van der Waals surface area contributed by atoms with Crippen LogP contribution in [-0.4, -0.2) is 61.6 Å². The molecule has 1 saturated heterocycles. The van der Waals surface area contributed by atoms with Crippen LogP contribution in [0.3, 0.4) is 0 Å². The first-order valence-electron chi connectivity index (χ1n) is 8.83. The molecule has 1 aromatic carbocycles. The lowest BCUT2D eigenvalue weighted by Gasteiger charge is -2.32. The first kappa shape index (κ1) is 22.2. The largest absolute Gasteiger partial charge is 0.352 e. The maximum Gasteiger partial charge on any atom is 0.191 e. The van der Waals surface area contributed by atoms with Gasteiger partial charge < -0.3 is 15.5 Å². The number of benzene rings is 1. The van der Waals surface area contributed by atoms with Crippen LogP contribution in [0.4, 0.5) is 0 Å². The highest BCUT2D eigenvalue weighted by Crippen LogP contribution is 2.10. The predicted molar refractivity (Wildman–Crippen MR) is 118 cm³/mol.